The van der Waals surface area contributed by atoms with Crippen molar-refractivity contribution in [2.75, 3.05) is 19.7 Å². The first-order chi connectivity index (χ1) is 10.5. The number of nitrogens with one attached hydrogen (secondary N) is 2. The number of rotatable bonds is 5. The number of nitrogens with zero attached hydrogens (tertiary/aromatic N) is 3. The van der Waals surface area contributed by atoms with E-state index in [1.807, 2.05) is 27.7 Å². The van der Waals surface area contributed by atoms with Crippen LogP contribution in [0.25, 0.3) is 0 Å². The van der Waals surface area contributed by atoms with E-state index in [2.05, 4.69) is 25.8 Å². The van der Waals surface area contributed by atoms with Crippen LogP contribution in [0.1, 0.15) is 52.3 Å². The highest BCUT2D eigenvalue weighted by Crippen LogP contribution is 2.19. The average Bonchev–Trinajstić information content (AvgIpc) is 3.12. The topological polar surface area (TPSA) is 84.6 Å². The predicted molar refractivity (Wildman–Crippen MR) is 84.8 cm³/mol. The first-order valence-corrected chi connectivity index (χ1v) is 7.96. The van der Waals surface area contributed by atoms with Gasteiger partial charge in [-0.15, -0.1) is 0 Å². The molecule has 0 spiro atoms. The number of hydrogen-bond acceptors (Lipinski definition) is 5. The molecule has 1 atom stereocenters. The Labute approximate surface area is 131 Å². The highest BCUT2D eigenvalue weighted by Gasteiger charge is 2.21. The van der Waals surface area contributed by atoms with Gasteiger partial charge in [-0.2, -0.15) is 4.98 Å². The number of hydrogen-bond donors (Lipinski definition) is 2. The lowest BCUT2D eigenvalue weighted by Crippen LogP contribution is -2.41. The Morgan fingerprint density at radius 2 is 2.18 bits per heavy atom. The quantitative estimate of drug-likeness (QED) is 0.635. The maximum Gasteiger partial charge on any atom is 0.232 e. The van der Waals surface area contributed by atoms with Gasteiger partial charge >= 0.3 is 0 Å². The maximum atomic E-state index is 5.60. The second-order valence-electron chi connectivity index (χ2n) is 6.48. The van der Waals surface area contributed by atoms with E-state index < -0.39 is 0 Å². The number of guanidine groups is 1. The lowest BCUT2D eigenvalue weighted by molar-refractivity contribution is 0.114. The molecule has 22 heavy (non-hydrogen) atoms. The summed E-state index contributed by atoms with van der Waals surface area (Å²) in [5.41, 5.74) is -0.141. The summed E-state index contributed by atoms with van der Waals surface area (Å²) in [6, 6.07) is 0. The molecule has 7 heteroatoms. The molecule has 124 valence electrons. The summed E-state index contributed by atoms with van der Waals surface area (Å²) in [5, 5.41) is 10.5. The van der Waals surface area contributed by atoms with Gasteiger partial charge in [0.25, 0.3) is 0 Å². The van der Waals surface area contributed by atoms with Crippen LogP contribution >= 0.6 is 0 Å². The zero-order valence-electron chi connectivity index (χ0n) is 14.0. The van der Waals surface area contributed by atoms with E-state index in [9.17, 15) is 0 Å². The SMILES string of the molecule is CCNC(=NCc1noc(C(C)(C)C)n1)NCC1CCCO1. The Balaban J connectivity index is 1.89. The molecule has 0 amide bonds. The molecule has 1 unspecified atom stereocenters. The van der Waals surface area contributed by atoms with Crippen molar-refractivity contribution in [3.63, 3.8) is 0 Å². The van der Waals surface area contributed by atoms with Crippen molar-refractivity contribution in [2.45, 2.75) is 58.6 Å². The molecule has 1 saturated heterocycles. The molecule has 0 bridgehead atoms. The summed E-state index contributed by atoms with van der Waals surface area (Å²) in [6.07, 6.45) is 2.52. The van der Waals surface area contributed by atoms with Crippen LogP contribution in [0.4, 0.5) is 0 Å². The lowest BCUT2D eigenvalue weighted by atomic mass is 9.97. The molecular formula is C15H27N5O2. The van der Waals surface area contributed by atoms with Gasteiger partial charge in [-0.05, 0) is 19.8 Å². The van der Waals surface area contributed by atoms with Gasteiger partial charge in [-0.25, -0.2) is 4.99 Å². The second-order valence-corrected chi connectivity index (χ2v) is 6.48. The van der Waals surface area contributed by atoms with Crippen LogP contribution < -0.4 is 10.6 Å². The molecule has 2 N–H and O–H groups in total. The zero-order valence-corrected chi connectivity index (χ0v) is 14.0. The summed E-state index contributed by atoms with van der Waals surface area (Å²) in [7, 11) is 0. The highest BCUT2D eigenvalue weighted by atomic mass is 16.5. The van der Waals surface area contributed by atoms with Gasteiger partial charge in [0.05, 0.1) is 6.10 Å². The number of aliphatic imine (C=N–C) groups is 1. The second kappa shape index (κ2) is 7.58. The summed E-state index contributed by atoms with van der Waals surface area (Å²) < 4.78 is 10.9. The minimum atomic E-state index is -0.141. The molecule has 1 aliphatic heterocycles. The maximum absolute atomic E-state index is 5.60. The molecule has 7 nitrogen and oxygen atoms in total. The van der Waals surface area contributed by atoms with Crippen molar-refractivity contribution in [3.05, 3.63) is 11.7 Å². The van der Waals surface area contributed by atoms with Crippen molar-refractivity contribution in [1.29, 1.82) is 0 Å². The number of aromatic nitrogens is 2. The molecule has 0 saturated carbocycles. The Hall–Kier alpha value is -1.63. The van der Waals surface area contributed by atoms with Crippen molar-refractivity contribution >= 4 is 5.96 Å². The fraction of sp³-hybridized carbons (Fsp3) is 0.800. The third-order valence-corrected chi connectivity index (χ3v) is 3.35. The van der Waals surface area contributed by atoms with Crippen LogP contribution in [-0.4, -0.2) is 41.9 Å². The van der Waals surface area contributed by atoms with Crippen LogP contribution in [0.15, 0.2) is 9.52 Å². The molecule has 0 aliphatic carbocycles. The first kappa shape index (κ1) is 16.7. The van der Waals surface area contributed by atoms with Gasteiger partial charge in [-0.1, -0.05) is 25.9 Å². The van der Waals surface area contributed by atoms with Crippen molar-refractivity contribution in [2.24, 2.45) is 4.99 Å². The van der Waals surface area contributed by atoms with Crippen molar-refractivity contribution < 1.29 is 9.26 Å². The number of ether oxygens (including phenoxy) is 1. The van der Waals surface area contributed by atoms with Gasteiger partial charge < -0.3 is 19.9 Å². The smallest absolute Gasteiger partial charge is 0.232 e. The lowest BCUT2D eigenvalue weighted by Gasteiger charge is -2.14. The van der Waals surface area contributed by atoms with Gasteiger partial charge in [0.1, 0.15) is 6.54 Å². The van der Waals surface area contributed by atoms with E-state index in [-0.39, 0.29) is 11.5 Å². The van der Waals surface area contributed by atoms with Crippen LogP contribution in [0.5, 0.6) is 0 Å². The fourth-order valence-electron chi connectivity index (χ4n) is 2.13. The van der Waals surface area contributed by atoms with E-state index in [1.54, 1.807) is 0 Å². The standard InChI is InChI=1S/C15H27N5O2/c1-5-16-14(17-9-11-7-6-8-21-11)18-10-12-19-13(22-20-12)15(2,3)4/h11H,5-10H2,1-4H3,(H2,16,17,18). The van der Waals surface area contributed by atoms with Gasteiger partial charge in [0.2, 0.25) is 5.89 Å². The van der Waals surface area contributed by atoms with Crippen LogP contribution in [-0.2, 0) is 16.7 Å². The summed E-state index contributed by atoms with van der Waals surface area (Å²) >= 11 is 0. The molecule has 1 aromatic heterocycles. The van der Waals surface area contributed by atoms with Crippen LogP contribution in [0, 0.1) is 0 Å². The molecule has 2 heterocycles. The first-order valence-electron chi connectivity index (χ1n) is 7.96. The van der Waals surface area contributed by atoms with Crippen LogP contribution in [0.3, 0.4) is 0 Å². The van der Waals surface area contributed by atoms with E-state index in [4.69, 9.17) is 9.26 Å². The molecule has 2 rings (SSSR count). The Kier molecular flexibility index (Phi) is 5.76. The molecule has 1 aliphatic rings. The minimum absolute atomic E-state index is 0.141. The van der Waals surface area contributed by atoms with Gasteiger partial charge in [0.15, 0.2) is 11.8 Å². The van der Waals surface area contributed by atoms with Crippen LogP contribution in [0.2, 0.25) is 0 Å². The van der Waals surface area contributed by atoms with E-state index in [0.717, 1.165) is 38.5 Å². The Morgan fingerprint density at radius 1 is 1.36 bits per heavy atom. The molecule has 0 radical (unpaired) electrons. The fourth-order valence-corrected chi connectivity index (χ4v) is 2.13. The monoisotopic (exact) mass is 309 g/mol. The summed E-state index contributed by atoms with van der Waals surface area (Å²) in [5.74, 6) is 1.98. The molecular weight excluding hydrogens is 282 g/mol. The highest BCUT2D eigenvalue weighted by molar-refractivity contribution is 5.79. The minimum Gasteiger partial charge on any atom is -0.376 e. The predicted octanol–water partition coefficient (Wildman–Crippen LogP) is 1.60. The van der Waals surface area contributed by atoms with E-state index in [0.29, 0.717) is 18.3 Å². The molecule has 0 aromatic carbocycles. The Morgan fingerprint density at radius 3 is 2.77 bits per heavy atom. The van der Waals surface area contributed by atoms with E-state index >= 15 is 0 Å². The summed E-state index contributed by atoms with van der Waals surface area (Å²) in [4.78, 5) is 8.88. The normalized spacial score (nSPS) is 19.5. The Bertz CT molecular complexity index is 486. The van der Waals surface area contributed by atoms with Gasteiger partial charge in [0, 0.05) is 25.1 Å². The third kappa shape index (κ3) is 4.98. The summed E-state index contributed by atoms with van der Waals surface area (Å²) in [6.45, 7) is 11.0. The molecule has 1 aromatic rings. The zero-order chi connectivity index (χ0) is 16.0. The van der Waals surface area contributed by atoms with Crippen molar-refractivity contribution in [1.82, 2.24) is 20.8 Å². The van der Waals surface area contributed by atoms with Crippen molar-refractivity contribution in [3.8, 4) is 0 Å². The largest absolute Gasteiger partial charge is 0.376 e. The third-order valence-electron chi connectivity index (χ3n) is 3.35. The molecule has 1 fully saturated rings. The van der Waals surface area contributed by atoms with E-state index in [1.165, 1.54) is 0 Å². The average molecular weight is 309 g/mol. The van der Waals surface area contributed by atoms with Gasteiger partial charge in [-0.3, -0.25) is 0 Å².